The normalized spacial score (nSPS) is 16.9. The van der Waals surface area contributed by atoms with E-state index in [1.54, 1.807) is 96.5 Å². The number of rotatable bonds is 17. The van der Waals surface area contributed by atoms with Crippen LogP contribution in [0.1, 0.15) is 195 Å². The molecule has 1 unspecified atom stereocenters. The highest BCUT2D eigenvalue weighted by atomic mass is 35.5. The van der Waals surface area contributed by atoms with Crippen molar-refractivity contribution < 1.29 is 51.6 Å². The summed E-state index contributed by atoms with van der Waals surface area (Å²) in [6, 6.07) is 46.3. The van der Waals surface area contributed by atoms with Crippen LogP contribution in [0.4, 0.5) is 17.6 Å². The summed E-state index contributed by atoms with van der Waals surface area (Å²) in [4.78, 5) is 52.8. The van der Waals surface area contributed by atoms with E-state index in [0.717, 1.165) is 145 Å². The second kappa shape index (κ2) is 37.0. The van der Waals surface area contributed by atoms with Crippen molar-refractivity contribution in [2.75, 3.05) is 20.8 Å². The number of pyridine rings is 1. The SMILES string of the molecule is COc1ccc(/C=C2\CCCCc3c(C(=O)NC(C)c4ccccn4)nn(-c4ccc(Cl)cc4Cl)c32)cc1.COc1ccc(/C=C2\CCCCc3c(C(=O)N[C@@H]4CCC[C@H]4O)nn(-c4ccc(Cl)cc4Cl)c32)cc1.O=C(N[C@H](CO)c1ccccc1)c1nn(-c2nccc(C(F)(F)F)n2)c2c1CCCC/C2=C\c1ccc(F)cc1. The van der Waals surface area contributed by atoms with Gasteiger partial charge in [0.1, 0.15) is 23.0 Å². The minimum Gasteiger partial charge on any atom is -0.497 e. The molecule has 0 spiro atoms. The highest BCUT2D eigenvalue weighted by Crippen LogP contribution is 2.42. The third-order valence-corrected chi connectivity index (χ3v) is 21.4. The molecule has 4 atom stereocenters. The maximum absolute atomic E-state index is 13.6. The Bertz CT molecular complexity index is 5370. The zero-order valence-corrected chi connectivity index (χ0v) is 65.6. The summed E-state index contributed by atoms with van der Waals surface area (Å²) in [6.45, 7) is 1.55. The number of nitrogens with one attached hydrogen (secondary N) is 3. The van der Waals surface area contributed by atoms with Crippen LogP contribution in [0.3, 0.4) is 0 Å². The van der Waals surface area contributed by atoms with E-state index in [0.29, 0.717) is 96.5 Å². The quantitative estimate of drug-likeness (QED) is 0.0422. The van der Waals surface area contributed by atoms with Gasteiger partial charge in [-0.3, -0.25) is 19.4 Å². The van der Waals surface area contributed by atoms with Gasteiger partial charge in [0.15, 0.2) is 17.1 Å². The van der Waals surface area contributed by atoms with E-state index in [2.05, 4.69) is 48.2 Å². The third-order valence-electron chi connectivity index (χ3n) is 20.4. The Balaban J connectivity index is 0.000000149. The van der Waals surface area contributed by atoms with Crippen LogP contribution in [0.5, 0.6) is 11.5 Å². The lowest BCUT2D eigenvalue weighted by atomic mass is 10.0. The Morgan fingerprint density at radius 1 is 0.544 bits per heavy atom. The van der Waals surface area contributed by atoms with Crippen molar-refractivity contribution in [3.05, 3.63) is 287 Å². The fourth-order valence-electron chi connectivity index (χ4n) is 14.7. The van der Waals surface area contributed by atoms with E-state index in [1.807, 2.05) is 91.9 Å². The lowest BCUT2D eigenvalue weighted by Gasteiger charge is -2.16. The van der Waals surface area contributed by atoms with Gasteiger partial charge in [0, 0.05) is 39.1 Å². The van der Waals surface area contributed by atoms with Crippen molar-refractivity contribution in [2.24, 2.45) is 0 Å². The van der Waals surface area contributed by atoms with Gasteiger partial charge in [-0.1, -0.05) is 119 Å². The van der Waals surface area contributed by atoms with Gasteiger partial charge in [-0.2, -0.15) is 33.1 Å². The van der Waals surface area contributed by atoms with Crippen LogP contribution in [0.15, 0.2) is 176 Å². The number of nitrogens with zero attached hydrogens (tertiary/aromatic N) is 9. The molecule has 0 radical (unpaired) electrons. The highest BCUT2D eigenvalue weighted by molar-refractivity contribution is 6.36. The number of benzene rings is 6. The summed E-state index contributed by atoms with van der Waals surface area (Å²) in [6.07, 6.45) is 15.4. The fourth-order valence-corrected chi connectivity index (χ4v) is 15.6. The summed E-state index contributed by atoms with van der Waals surface area (Å²) < 4.78 is 69.5. The maximum Gasteiger partial charge on any atom is 0.433 e. The lowest BCUT2D eigenvalue weighted by Crippen LogP contribution is -2.40. The summed E-state index contributed by atoms with van der Waals surface area (Å²) >= 11 is 25.7. The first-order chi connectivity index (χ1) is 55.1. The van der Waals surface area contributed by atoms with Gasteiger partial charge in [0.25, 0.3) is 23.7 Å². The Kier molecular flexibility index (Phi) is 26.4. The standard InChI is InChI=1S/C30H28Cl2N4O2.C29H25F4N5O2.C28H29Cl2N3O3/c1-19(26-9-5-6-16-33-26)34-30(37)28-24-8-4-3-7-21(17-20-10-13-23(38-2)14-11-20)29(24)36(35-28)27-15-12-22(31)18-25(27)32;30-21-12-10-18(11-13-21)16-20-8-4-5-9-22-25(27(40)35-23(17-39)19-6-2-1-3-7-19)37-38(26(20)22)28-34-15-14-24(36-28)29(31,32)33;1-36-20-12-9-17(10-13-20)15-18-5-2-3-6-21-26(28(35)31-23-7-4-8-25(23)34)32-33(27(18)21)24-14-11-19(29)16-22(24)30/h5-6,9-19H,3-4,7-8H2,1-2H3,(H,34,37);1-3,6-7,10-16,23,39H,4-5,8-9,17H2,(H,35,40);9-16,23,25,34H,2-8H2,1H3,(H,31,35)/b21-17+;20-16+;18-15+/t;23-;23-,25-/m.11/s1. The van der Waals surface area contributed by atoms with Crippen LogP contribution >= 0.6 is 46.4 Å². The lowest BCUT2D eigenvalue weighted by molar-refractivity contribution is -0.141. The van der Waals surface area contributed by atoms with Crippen molar-refractivity contribution in [1.29, 1.82) is 0 Å². The van der Waals surface area contributed by atoms with Gasteiger partial charge in [0.2, 0.25) is 0 Å². The summed E-state index contributed by atoms with van der Waals surface area (Å²) in [5.41, 5.74) is 12.7. The van der Waals surface area contributed by atoms with Gasteiger partial charge in [0.05, 0.1) is 89.3 Å². The molecule has 1 saturated carbocycles. The maximum atomic E-state index is 13.6. The molecule has 588 valence electrons. The molecular formula is C87H82Cl4F4N12O7. The summed E-state index contributed by atoms with van der Waals surface area (Å²) in [5, 5.41) is 45.2. The number of ether oxygens (including phenoxy) is 2. The number of halogens is 8. The monoisotopic (exact) mass is 1620 g/mol. The van der Waals surface area contributed by atoms with E-state index in [-0.39, 0.29) is 42.1 Å². The molecule has 0 aliphatic heterocycles. The van der Waals surface area contributed by atoms with Crippen molar-refractivity contribution in [2.45, 2.75) is 134 Å². The first-order valence-corrected chi connectivity index (χ1v) is 39.2. The molecule has 4 aliphatic rings. The van der Waals surface area contributed by atoms with Gasteiger partial charge >= 0.3 is 6.18 Å². The Labute approximate surface area is 676 Å². The molecule has 5 N–H and O–H groups in total. The molecule has 4 aliphatic carbocycles. The largest absolute Gasteiger partial charge is 0.497 e. The molecule has 15 rings (SSSR count). The number of carbonyl (C=O) groups excluding carboxylic acids is 3. The molecule has 27 heteroatoms. The van der Waals surface area contributed by atoms with E-state index >= 15 is 0 Å². The molecule has 0 saturated heterocycles. The average Bonchev–Trinajstić information content (AvgIpc) is 1.63. The molecule has 11 aromatic rings. The van der Waals surface area contributed by atoms with E-state index in [1.165, 1.54) is 16.8 Å². The smallest absolute Gasteiger partial charge is 0.433 e. The number of amides is 3. The van der Waals surface area contributed by atoms with Crippen molar-refractivity contribution in [3.8, 4) is 28.8 Å². The van der Waals surface area contributed by atoms with Gasteiger partial charge < -0.3 is 35.6 Å². The minimum absolute atomic E-state index is 0.0114. The van der Waals surface area contributed by atoms with Crippen LogP contribution in [-0.4, -0.2) is 105 Å². The molecule has 3 amide bonds. The van der Waals surface area contributed by atoms with Gasteiger partial charge in [-0.25, -0.2) is 23.7 Å². The van der Waals surface area contributed by atoms with Crippen LogP contribution < -0.4 is 25.4 Å². The average molecular weight is 1630 g/mol. The number of carbonyl (C=O) groups is 3. The Morgan fingerprint density at radius 2 is 1.01 bits per heavy atom. The van der Waals surface area contributed by atoms with E-state index in [9.17, 15) is 42.2 Å². The molecular weight excluding hydrogens is 1540 g/mol. The predicted octanol–water partition coefficient (Wildman–Crippen LogP) is 19.0. The predicted molar refractivity (Wildman–Crippen MR) is 435 cm³/mol. The second-order valence-corrected chi connectivity index (χ2v) is 29.8. The van der Waals surface area contributed by atoms with Gasteiger partial charge in [-0.05, 0) is 251 Å². The number of aromatic nitrogens is 9. The Morgan fingerprint density at radius 3 is 1.46 bits per heavy atom. The summed E-state index contributed by atoms with van der Waals surface area (Å²) in [5.74, 6) is -0.230. The van der Waals surface area contributed by atoms with Gasteiger partial charge in [-0.15, -0.1) is 0 Å². The van der Waals surface area contributed by atoms with Crippen molar-refractivity contribution in [1.82, 2.24) is 60.2 Å². The highest BCUT2D eigenvalue weighted by Gasteiger charge is 2.37. The second-order valence-electron chi connectivity index (χ2n) is 28.1. The van der Waals surface area contributed by atoms with Crippen molar-refractivity contribution in [3.63, 3.8) is 0 Å². The van der Waals surface area contributed by atoms with Crippen LogP contribution in [0.2, 0.25) is 20.1 Å². The topological polar surface area (TPSA) is 238 Å². The fraction of sp³-hybridized carbons (Fsp3) is 0.276. The number of fused-ring (bicyclic) bond motifs is 3. The molecule has 6 aromatic carbocycles. The Hall–Kier alpha value is -10.8. The van der Waals surface area contributed by atoms with E-state index < -0.39 is 35.7 Å². The third kappa shape index (κ3) is 19.2. The summed E-state index contributed by atoms with van der Waals surface area (Å²) in [7, 11) is 3.30. The number of hydrogen-bond donors (Lipinski definition) is 5. The first kappa shape index (κ1) is 81.2. The van der Waals surface area contributed by atoms with E-state index in [4.69, 9.17) is 66.1 Å². The van der Waals surface area contributed by atoms with Crippen molar-refractivity contribution >= 4 is 99.1 Å². The number of methoxy groups -OCH3 is 2. The zero-order chi connectivity index (χ0) is 80.2. The first-order valence-electron chi connectivity index (χ1n) is 37.6. The number of aliphatic hydroxyl groups excluding tert-OH is 2. The minimum atomic E-state index is -4.71. The number of allylic oxidation sites excluding steroid dienone is 3. The molecule has 1 fully saturated rings. The van der Waals surface area contributed by atoms with Crippen LogP contribution in [0, 0.1) is 5.82 Å². The molecule has 5 heterocycles. The molecule has 5 aromatic heterocycles. The van der Waals surface area contributed by atoms with Crippen LogP contribution in [-0.2, 0) is 25.4 Å². The zero-order valence-electron chi connectivity index (χ0n) is 62.6. The molecule has 0 bridgehead atoms. The van der Waals surface area contributed by atoms with Crippen LogP contribution in [0.25, 0.3) is 52.3 Å². The number of hydrogen-bond acceptors (Lipinski definition) is 13. The molecule has 114 heavy (non-hydrogen) atoms. The number of alkyl halides is 3. The number of aliphatic hydroxyl groups is 2. The molecule has 19 nitrogen and oxygen atoms in total.